The van der Waals surface area contributed by atoms with Gasteiger partial charge in [0.2, 0.25) is 9.70 Å². The van der Waals surface area contributed by atoms with Crippen LogP contribution in [-0.2, 0) is 14.3 Å². The van der Waals surface area contributed by atoms with Gasteiger partial charge in [-0.15, -0.1) is 11.3 Å². The number of esters is 2. The maximum absolute atomic E-state index is 12.4. The molecule has 0 saturated heterocycles. The fourth-order valence-corrected chi connectivity index (χ4v) is 3.46. The molecule has 1 rings (SSSR count). The minimum absolute atomic E-state index is 0.111. The lowest BCUT2D eigenvalue weighted by atomic mass is 10.1. The number of carbonyl (C=O) groups is 3. The van der Waals surface area contributed by atoms with Crippen LogP contribution < -0.4 is 10.6 Å². The largest absolute Gasteiger partial charge is 0.465 e. The van der Waals surface area contributed by atoms with Crippen LogP contribution in [-0.4, -0.2) is 41.5 Å². The molecule has 0 bridgehead atoms. The smallest absolute Gasteiger partial charge is 0.348 e. The van der Waals surface area contributed by atoms with Crippen molar-refractivity contribution in [3.8, 4) is 0 Å². The molecule has 2 N–H and O–H groups in total. The molecule has 7 nitrogen and oxygen atoms in total. The van der Waals surface area contributed by atoms with Gasteiger partial charge in [0.15, 0.2) is 0 Å². The van der Waals surface area contributed by atoms with Crippen molar-refractivity contribution < 1.29 is 23.9 Å². The molecular formula is C16H21Cl3N2O5S. The molecule has 1 atom stereocenters. The van der Waals surface area contributed by atoms with Gasteiger partial charge in [-0.25, -0.2) is 9.59 Å². The highest BCUT2D eigenvalue weighted by Crippen LogP contribution is 2.38. The Hall–Kier alpha value is -1.22. The molecule has 1 heterocycles. The highest BCUT2D eigenvalue weighted by Gasteiger charge is 2.37. The first-order chi connectivity index (χ1) is 12.4. The van der Waals surface area contributed by atoms with E-state index in [2.05, 4.69) is 10.6 Å². The summed E-state index contributed by atoms with van der Waals surface area (Å²) in [5.41, 5.74) is 0.478. The minimum atomic E-state index is -1.93. The molecule has 0 spiro atoms. The van der Waals surface area contributed by atoms with Crippen molar-refractivity contribution in [2.45, 2.75) is 37.7 Å². The molecule has 0 fully saturated rings. The average molecular weight is 460 g/mol. The molecule has 0 aliphatic carbocycles. The van der Waals surface area contributed by atoms with Gasteiger partial charge in [-0.3, -0.25) is 4.79 Å². The number of methoxy groups -OCH3 is 1. The Bertz CT molecular complexity index is 716. The Morgan fingerprint density at radius 2 is 1.78 bits per heavy atom. The highest BCUT2D eigenvalue weighted by atomic mass is 35.6. The zero-order valence-corrected chi connectivity index (χ0v) is 18.5. The predicted molar refractivity (Wildman–Crippen MR) is 107 cm³/mol. The van der Waals surface area contributed by atoms with Crippen molar-refractivity contribution >= 4 is 69.0 Å². The van der Waals surface area contributed by atoms with Crippen LogP contribution in [0.25, 0.3) is 0 Å². The van der Waals surface area contributed by atoms with Crippen LogP contribution in [0.1, 0.15) is 46.4 Å². The Labute approximate surface area is 176 Å². The number of carbonyl (C=O) groups excluding carboxylic acids is 3. The van der Waals surface area contributed by atoms with Crippen molar-refractivity contribution in [2.24, 2.45) is 5.92 Å². The van der Waals surface area contributed by atoms with Gasteiger partial charge in [0.05, 0.1) is 19.3 Å². The van der Waals surface area contributed by atoms with Crippen LogP contribution >= 0.6 is 46.1 Å². The van der Waals surface area contributed by atoms with Gasteiger partial charge >= 0.3 is 11.9 Å². The summed E-state index contributed by atoms with van der Waals surface area (Å²) in [5, 5.41) is 5.62. The summed E-state index contributed by atoms with van der Waals surface area (Å²) in [6, 6.07) is 0. The molecule has 1 aromatic heterocycles. The van der Waals surface area contributed by atoms with Crippen molar-refractivity contribution in [1.29, 1.82) is 0 Å². The van der Waals surface area contributed by atoms with E-state index in [-0.39, 0.29) is 33.9 Å². The van der Waals surface area contributed by atoms with Crippen molar-refractivity contribution in [3.05, 3.63) is 16.0 Å². The summed E-state index contributed by atoms with van der Waals surface area (Å²) in [4.78, 5) is 36.6. The summed E-state index contributed by atoms with van der Waals surface area (Å²) < 4.78 is 7.86. The van der Waals surface area contributed by atoms with Gasteiger partial charge in [0.1, 0.15) is 16.0 Å². The fourth-order valence-electron chi connectivity index (χ4n) is 1.99. The van der Waals surface area contributed by atoms with Gasteiger partial charge in [0.25, 0.3) is 0 Å². The monoisotopic (exact) mass is 458 g/mol. The van der Waals surface area contributed by atoms with Crippen LogP contribution in [0, 0.1) is 12.8 Å². The number of hydrogen-bond donors (Lipinski definition) is 2. The van der Waals surface area contributed by atoms with E-state index in [1.54, 1.807) is 27.7 Å². The summed E-state index contributed by atoms with van der Waals surface area (Å²) in [6.07, 6.45) is -1.16. The lowest BCUT2D eigenvalue weighted by Crippen LogP contribution is -2.50. The fraction of sp³-hybridized carbons (Fsp3) is 0.562. The van der Waals surface area contributed by atoms with Crippen LogP contribution in [0.3, 0.4) is 0 Å². The quantitative estimate of drug-likeness (QED) is 0.365. The molecule has 1 aromatic rings. The van der Waals surface area contributed by atoms with E-state index < -0.39 is 21.9 Å². The predicted octanol–water partition coefficient (Wildman–Crippen LogP) is 3.90. The molecule has 0 saturated carbocycles. The lowest BCUT2D eigenvalue weighted by Gasteiger charge is -2.28. The summed E-state index contributed by atoms with van der Waals surface area (Å²) in [7, 11) is 1.23. The SMILES string of the molecule is CCOC(=O)c1c(N[C@@H](NC(=O)C(C)C)C(Cl)(Cl)Cl)sc(C(=O)OC)c1C. The second-order valence-electron chi connectivity index (χ2n) is 5.75. The molecule has 0 unspecified atom stereocenters. The van der Waals surface area contributed by atoms with Gasteiger partial charge in [-0.05, 0) is 19.4 Å². The summed E-state index contributed by atoms with van der Waals surface area (Å²) >= 11 is 18.9. The van der Waals surface area contributed by atoms with E-state index in [9.17, 15) is 14.4 Å². The number of halogens is 3. The molecule has 152 valence electrons. The Kier molecular flexibility index (Phi) is 8.66. The van der Waals surface area contributed by atoms with E-state index in [1.165, 1.54) is 7.11 Å². The van der Waals surface area contributed by atoms with Crippen molar-refractivity contribution in [1.82, 2.24) is 5.32 Å². The van der Waals surface area contributed by atoms with Gasteiger partial charge < -0.3 is 20.1 Å². The van der Waals surface area contributed by atoms with Crippen molar-refractivity contribution in [3.63, 3.8) is 0 Å². The average Bonchev–Trinajstić information content (AvgIpc) is 2.89. The molecule has 0 aliphatic heterocycles. The van der Waals surface area contributed by atoms with E-state index >= 15 is 0 Å². The second kappa shape index (κ2) is 9.82. The van der Waals surface area contributed by atoms with Crippen LogP contribution in [0.2, 0.25) is 0 Å². The number of ether oxygens (including phenoxy) is 2. The second-order valence-corrected chi connectivity index (χ2v) is 9.14. The molecular weight excluding hydrogens is 439 g/mol. The Balaban J connectivity index is 3.37. The third kappa shape index (κ3) is 6.14. The third-order valence-electron chi connectivity index (χ3n) is 3.41. The highest BCUT2D eigenvalue weighted by molar-refractivity contribution is 7.18. The molecule has 0 aromatic carbocycles. The van der Waals surface area contributed by atoms with Gasteiger partial charge in [-0.1, -0.05) is 48.7 Å². The van der Waals surface area contributed by atoms with Crippen LogP contribution in [0.15, 0.2) is 0 Å². The topological polar surface area (TPSA) is 93.7 Å². The number of amides is 1. The molecule has 1 amide bonds. The minimum Gasteiger partial charge on any atom is -0.465 e. The number of alkyl halides is 3. The van der Waals surface area contributed by atoms with Crippen LogP contribution in [0.4, 0.5) is 5.00 Å². The number of anilines is 1. The van der Waals surface area contributed by atoms with Gasteiger partial charge in [0, 0.05) is 5.92 Å². The number of thiophene rings is 1. The maximum Gasteiger partial charge on any atom is 0.348 e. The molecule has 27 heavy (non-hydrogen) atoms. The normalized spacial score (nSPS) is 12.5. The van der Waals surface area contributed by atoms with Crippen molar-refractivity contribution in [2.75, 3.05) is 19.0 Å². The Morgan fingerprint density at radius 3 is 2.22 bits per heavy atom. The first-order valence-electron chi connectivity index (χ1n) is 7.96. The first kappa shape index (κ1) is 23.8. The number of rotatable bonds is 7. The van der Waals surface area contributed by atoms with E-state index in [0.717, 1.165) is 11.3 Å². The maximum atomic E-state index is 12.4. The van der Waals surface area contributed by atoms with E-state index in [0.29, 0.717) is 5.56 Å². The zero-order valence-electron chi connectivity index (χ0n) is 15.4. The third-order valence-corrected chi connectivity index (χ3v) is 5.27. The molecule has 0 radical (unpaired) electrons. The van der Waals surface area contributed by atoms with Crippen LogP contribution in [0.5, 0.6) is 0 Å². The summed E-state index contributed by atoms with van der Waals surface area (Å²) in [6.45, 7) is 6.73. The lowest BCUT2D eigenvalue weighted by molar-refractivity contribution is -0.124. The first-order valence-corrected chi connectivity index (χ1v) is 9.91. The Morgan fingerprint density at radius 1 is 1.19 bits per heavy atom. The van der Waals surface area contributed by atoms with E-state index in [4.69, 9.17) is 44.3 Å². The zero-order chi connectivity index (χ0) is 20.9. The molecule has 0 aliphatic rings. The number of nitrogens with one attached hydrogen (secondary N) is 2. The standard InChI is InChI=1S/C16H21Cl3N2O5S/c1-6-26-13(23)9-8(4)10(14(24)25-5)27-12(9)21-15(16(17,18)19)20-11(22)7(2)3/h7,15,21H,6H2,1-5H3,(H,20,22)/t15-/m1/s1. The number of hydrogen-bond acceptors (Lipinski definition) is 7. The van der Waals surface area contributed by atoms with E-state index in [1.807, 2.05) is 0 Å². The molecule has 11 heteroatoms. The summed E-state index contributed by atoms with van der Waals surface area (Å²) in [5.74, 6) is -1.99. The van der Waals surface area contributed by atoms with Gasteiger partial charge in [-0.2, -0.15) is 0 Å².